The van der Waals surface area contributed by atoms with Crippen molar-refractivity contribution in [2.24, 2.45) is 0 Å². The Hall–Kier alpha value is -2.52. The second kappa shape index (κ2) is 7.72. The summed E-state index contributed by atoms with van der Waals surface area (Å²) in [5, 5.41) is 0.287. The Morgan fingerprint density at radius 3 is 2.38 bits per heavy atom. The van der Waals surface area contributed by atoms with Crippen LogP contribution in [0.3, 0.4) is 0 Å². The van der Waals surface area contributed by atoms with Crippen LogP contribution in [0.1, 0.15) is 16.1 Å². The molecule has 1 amide bonds. The highest BCUT2D eigenvalue weighted by atomic mass is 79.9. The molecule has 1 saturated heterocycles. The summed E-state index contributed by atoms with van der Waals surface area (Å²) in [6, 6.07) is 10.2. The van der Waals surface area contributed by atoms with Crippen LogP contribution in [-0.2, 0) is 10.9 Å². The standard InChI is InChI=1S/C20H15BrF3N3O2/c21-14-4-1-12(2-5-14)18-25-16-11-13(20(22,23)24)3-6-15(16)17(26-18)19(28)27-7-9-29-10-8-27/h1-6,11H,7-10H2. The van der Waals surface area contributed by atoms with Crippen LogP contribution in [0.4, 0.5) is 13.2 Å². The number of alkyl halides is 3. The molecule has 2 heterocycles. The van der Waals surface area contributed by atoms with Crippen molar-refractivity contribution in [3.05, 3.63) is 58.2 Å². The third kappa shape index (κ3) is 4.11. The molecule has 0 spiro atoms. The van der Waals surface area contributed by atoms with E-state index in [1.165, 1.54) is 6.07 Å². The molecule has 150 valence electrons. The van der Waals surface area contributed by atoms with Crippen LogP contribution in [-0.4, -0.2) is 47.1 Å². The Balaban J connectivity index is 1.89. The highest BCUT2D eigenvalue weighted by Gasteiger charge is 2.31. The van der Waals surface area contributed by atoms with Crippen molar-refractivity contribution >= 4 is 32.7 Å². The number of fused-ring (bicyclic) bond motifs is 1. The molecule has 1 aliphatic rings. The Morgan fingerprint density at radius 2 is 1.72 bits per heavy atom. The number of carbonyl (C=O) groups is 1. The van der Waals surface area contributed by atoms with Crippen LogP contribution in [0, 0.1) is 0 Å². The minimum Gasteiger partial charge on any atom is -0.378 e. The van der Waals surface area contributed by atoms with Gasteiger partial charge >= 0.3 is 6.18 Å². The Labute approximate surface area is 172 Å². The van der Waals surface area contributed by atoms with E-state index in [4.69, 9.17) is 4.74 Å². The summed E-state index contributed by atoms with van der Waals surface area (Å²) in [7, 11) is 0. The highest BCUT2D eigenvalue weighted by molar-refractivity contribution is 9.10. The van der Waals surface area contributed by atoms with E-state index >= 15 is 0 Å². The summed E-state index contributed by atoms with van der Waals surface area (Å²) >= 11 is 3.34. The number of carbonyl (C=O) groups excluding carboxylic acids is 1. The number of ether oxygens (including phenoxy) is 1. The lowest BCUT2D eigenvalue weighted by atomic mass is 10.1. The first kappa shape index (κ1) is 19.8. The van der Waals surface area contributed by atoms with Crippen LogP contribution in [0.5, 0.6) is 0 Å². The maximum absolute atomic E-state index is 13.2. The smallest absolute Gasteiger partial charge is 0.378 e. The lowest BCUT2D eigenvalue weighted by Crippen LogP contribution is -2.41. The van der Waals surface area contributed by atoms with Gasteiger partial charge in [0.15, 0.2) is 5.82 Å². The van der Waals surface area contributed by atoms with E-state index in [9.17, 15) is 18.0 Å². The van der Waals surface area contributed by atoms with Gasteiger partial charge in [-0.05, 0) is 30.3 Å². The summed E-state index contributed by atoms with van der Waals surface area (Å²) in [4.78, 5) is 23.4. The number of aromatic nitrogens is 2. The third-order valence-corrected chi connectivity index (χ3v) is 5.16. The minimum absolute atomic E-state index is 0.0735. The zero-order valence-electron chi connectivity index (χ0n) is 15.0. The zero-order chi connectivity index (χ0) is 20.6. The van der Waals surface area contributed by atoms with Crippen LogP contribution in [0.2, 0.25) is 0 Å². The maximum atomic E-state index is 13.2. The molecule has 0 N–H and O–H groups in total. The van der Waals surface area contributed by atoms with Gasteiger partial charge in [-0.3, -0.25) is 4.79 Å². The molecule has 1 aliphatic heterocycles. The molecule has 0 aliphatic carbocycles. The first-order valence-corrected chi connectivity index (χ1v) is 9.64. The summed E-state index contributed by atoms with van der Waals surface area (Å²) in [6.45, 7) is 1.62. The normalized spacial score (nSPS) is 15.0. The molecule has 0 saturated carbocycles. The molecule has 0 bridgehead atoms. The first-order chi connectivity index (χ1) is 13.8. The van der Waals surface area contributed by atoms with Crippen LogP contribution < -0.4 is 0 Å². The molecule has 29 heavy (non-hydrogen) atoms. The van der Waals surface area contributed by atoms with Gasteiger partial charge in [-0.2, -0.15) is 13.2 Å². The van der Waals surface area contributed by atoms with Gasteiger partial charge < -0.3 is 9.64 Å². The molecule has 1 fully saturated rings. The van der Waals surface area contributed by atoms with Crippen molar-refractivity contribution in [2.75, 3.05) is 26.3 Å². The van der Waals surface area contributed by atoms with Crippen molar-refractivity contribution in [1.29, 1.82) is 0 Å². The molecule has 1 aromatic heterocycles. The fourth-order valence-corrected chi connectivity index (χ4v) is 3.38. The van der Waals surface area contributed by atoms with E-state index < -0.39 is 11.7 Å². The quantitative estimate of drug-likeness (QED) is 0.556. The monoisotopic (exact) mass is 465 g/mol. The predicted octanol–water partition coefficient (Wildman–Crippen LogP) is 4.55. The van der Waals surface area contributed by atoms with Gasteiger partial charge in [0.25, 0.3) is 5.91 Å². The second-order valence-electron chi connectivity index (χ2n) is 6.54. The molecule has 0 unspecified atom stereocenters. The molecular weight excluding hydrogens is 451 g/mol. The summed E-state index contributed by atoms with van der Waals surface area (Å²) in [5.41, 5.74) is -0.0633. The van der Waals surface area contributed by atoms with Crippen molar-refractivity contribution < 1.29 is 22.7 Å². The van der Waals surface area contributed by atoms with Crippen molar-refractivity contribution in [3.8, 4) is 11.4 Å². The summed E-state index contributed by atoms with van der Waals surface area (Å²) < 4.78 is 45.7. The van der Waals surface area contributed by atoms with Crippen molar-refractivity contribution in [2.45, 2.75) is 6.18 Å². The lowest BCUT2D eigenvalue weighted by Gasteiger charge is -2.27. The SMILES string of the molecule is O=C(c1nc(-c2ccc(Br)cc2)nc2cc(C(F)(F)F)ccc12)N1CCOCC1. The van der Waals surface area contributed by atoms with E-state index in [-0.39, 0.29) is 28.3 Å². The Bertz CT molecular complexity index is 1060. The lowest BCUT2D eigenvalue weighted by molar-refractivity contribution is -0.137. The van der Waals surface area contributed by atoms with Gasteiger partial charge in [-0.1, -0.05) is 28.1 Å². The molecule has 5 nitrogen and oxygen atoms in total. The number of amides is 1. The number of morpholine rings is 1. The van der Waals surface area contributed by atoms with Gasteiger partial charge in [0, 0.05) is 28.5 Å². The molecule has 9 heteroatoms. The van der Waals surface area contributed by atoms with Gasteiger partial charge in [-0.15, -0.1) is 0 Å². The van der Waals surface area contributed by atoms with E-state index in [1.807, 2.05) is 0 Å². The van der Waals surface area contributed by atoms with Crippen LogP contribution >= 0.6 is 15.9 Å². The van der Waals surface area contributed by atoms with Gasteiger partial charge in [0.1, 0.15) is 5.69 Å². The van der Waals surface area contributed by atoms with Crippen LogP contribution in [0.25, 0.3) is 22.3 Å². The molecule has 2 aromatic carbocycles. The van der Waals surface area contributed by atoms with E-state index in [0.717, 1.165) is 16.6 Å². The molecule has 3 aromatic rings. The van der Waals surface area contributed by atoms with Gasteiger partial charge in [0.05, 0.1) is 24.3 Å². The molecule has 0 radical (unpaired) electrons. The number of benzene rings is 2. The molecule has 0 atom stereocenters. The average Bonchev–Trinajstić information content (AvgIpc) is 2.72. The molecule has 4 rings (SSSR count). The number of hydrogen-bond donors (Lipinski definition) is 0. The van der Waals surface area contributed by atoms with E-state index in [1.54, 1.807) is 29.2 Å². The number of halogens is 4. The van der Waals surface area contributed by atoms with Gasteiger partial charge in [0.2, 0.25) is 0 Å². The summed E-state index contributed by atoms with van der Waals surface area (Å²) in [5.74, 6) is -0.153. The van der Waals surface area contributed by atoms with Crippen molar-refractivity contribution in [1.82, 2.24) is 14.9 Å². The van der Waals surface area contributed by atoms with Crippen molar-refractivity contribution in [3.63, 3.8) is 0 Å². The first-order valence-electron chi connectivity index (χ1n) is 8.85. The second-order valence-corrected chi connectivity index (χ2v) is 7.45. The Morgan fingerprint density at radius 1 is 1.03 bits per heavy atom. The zero-order valence-corrected chi connectivity index (χ0v) is 16.6. The predicted molar refractivity (Wildman–Crippen MR) is 104 cm³/mol. The van der Waals surface area contributed by atoms with Gasteiger partial charge in [-0.25, -0.2) is 9.97 Å². The highest BCUT2D eigenvalue weighted by Crippen LogP contribution is 2.32. The number of nitrogens with zero attached hydrogens (tertiary/aromatic N) is 3. The molecular formula is C20H15BrF3N3O2. The topological polar surface area (TPSA) is 55.3 Å². The maximum Gasteiger partial charge on any atom is 0.416 e. The number of rotatable bonds is 2. The average molecular weight is 466 g/mol. The van der Waals surface area contributed by atoms with E-state index in [0.29, 0.717) is 31.9 Å². The van der Waals surface area contributed by atoms with E-state index in [2.05, 4.69) is 25.9 Å². The van der Waals surface area contributed by atoms with Crippen LogP contribution in [0.15, 0.2) is 46.9 Å². The fourth-order valence-electron chi connectivity index (χ4n) is 3.11. The Kier molecular flexibility index (Phi) is 5.26. The number of hydrogen-bond acceptors (Lipinski definition) is 4. The minimum atomic E-state index is -4.51. The largest absolute Gasteiger partial charge is 0.416 e. The summed E-state index contributed by atoms with van der Waals surface area (Å²) in [6.07, 6.45) is -4.51. The third-order valence-electron chi connectivity index (χ3n) is 4.63. The fraction of sp³-hybridized carbons (Fsp3) is 0.250.